The maximum atomic E-state index is 12.5. The average Bonchev–Trinajstić information content (AvgIpc) is 2.80. The minimum atomic E-state index is -0.298. The number of likely N-dealkylation sites (tertiary alicyclic amines) is 1. The van der Waals surface area contributed by atoms with Crippen molar-refractivity contribution in [2.75, 3.05) is 45.2 Å². The van der Waals surface area contributed by atoms with Gasteiger partial charge in [0.15, 0.2) is 0 Å². The molecule has 1 aliphatic heterocycles. The van der Waals surface area contributed by atoms with E-state index >= 15 is 0 Å². The number of piperidine rings is 1. The molecule has 35 heavy (non-hydrogen) atoms. The lowest BCUT2D eigenvalue weighted by Crippen LogP contribution is -2.46. The molecule has 0 aliphatic carbocycles. The highest BCUT2D eigenvalue weighted by Gasteiger charge is 2.22. The number of halogens is 2. The Morgan fingerprint density at radius 3 is 2.37 bits per heavy atom. The van der Waals surface area contributed by atoms with Crippen LogP contribution in [0.1, 0.15) is 36.3 Å². The molecule has 0 aromatic heterocycles. The standard InChI is InChI=1S/C26H34Cl2N4O3/c1-18-3-5-19(6-4-18)20(16-29-26(34)31-24-14-21(27)13-22(28)15-24)7-10-32-11-8-23(9-12-32)30-25(33)17-35-2/h3-6,13-15,20,23H,7-12,16-17H2,1-2H3,(H,30,33)(H2,29,31,34). The van der Waals surface area contributed by atoms with Crippen molar-refractivity contribution in [1.29, 1.82) is 0 Å². The molecule has 1 saturated heterocycles. The number of aryl methyl sites for hydroxylation is 1. The average molecular weight is 521 g/mol. The predicted molar refractivity (Wildman–Crippen MR) is 142 cm³/mol. The summed E-state index contributed by atoms with van der Waals surface area (Å²) in [5.74, 6) is 0.109. The third-order valence-electron chi connectivity index (χ3n) is 6.20. The molecule has 1 fully saturated rings. The number of methoxy groups -OCH3 is 1. The van der Waals surface area contributed by atoms with Gasteiger partial charge in [0.05, 0.1) is 0 Å². The molecule has 0 bridgehead atoms. The second kappa shape index (κ2) is 13.7. The van der Waals surface area contributed by atoms with Gasteiger partial charge in [0, 0.05) is 54.4 Å². The highest BCUT2D eigenvalue weighted by molar-refractivity contribution is 6.35. The van der Waals surface area contributed by atoms with Crippen molar-refractivity contribution in [3.63, 3.8) is 0 Å². The minimum Gasteiger partial charge on any atom is -0.375 e. The van der Waals surface area contributed by atoms with E-state index in [0.29, 0.717) is 22.3 Å². The second-order valence-corrected chi connectivity index (χ2v) is 9.88. The molecule has 3 rings (SSSR count). The van der Waals surface area contributed by atoms with Crippen LogP contribution >= 0.6 is 23.2 Å². The van der Waals surface area contributed by atoms with Crippen molar-refractivity contribution in [1.82, 2.24) is 15.5 Å². The Balaban J connectivity index is 1.52. The van der Waals surface area contributed by atoms with E-state index in [-0.39, 0.29) is 30.5 Å². The van der Waals surface area contributed by atoms with Gasteiger partial charge < -0.3 is 25.6 Å². The van der Waals surface area contributed by atoms with E-state index in [2.05, 4.69) is 52.0 Å². The number of rotatable bonds is 10. The summed E-state index contributed by atoms with van der Waals surface area (Å²) >= 11 is 12.1. The Morgan fingerprint density at radius 2 is 1.74 bits per heavy atom. The van der Waals surface area contributed by atoms with Crippen molar-refractivity contribution in [3.05, 3.63) is 63.6 Å². The molecule has 0 saturated carbocycles. The van der Waals surface area contributed by atoms with Crippen LogP contribution in [0.25, 0.3) is 0 Å². The van der Waals surface area contributed by atoms with Gasteiger partial charge in [-0.3, -0.25) is 4.79 Å². The van der Waals surface area contributed by atoms with Gasteiger partial charge in [-0.1, -0.05) is 53.0 Å². The SMILES string of the molecule is COCC(=O)NC1CCN(CCC(CNC(=O)Nc2cc(Cl)cc(Cl)c2)c2ccc(C)cc2)CC1. The Bertz CT molecular complexity index is 959. The van der Waals surface area contributed by atoms with E-state index in [4.69, 9.17) is 27.9 Å². The van der Waals surface area contributed by atoms with Crippen molar-refractivity contribution >= 4 is 40.8 Å². The number of nitrogens with one attached hydrogen (secondary N) is 3. The molecule has 1 heterocycles. The van der Waals surface area contributed by atoms with Crippen LogP contribution in [0.2, 0.25) is 10.0 Å². The monoisotopic (exact) mass is 520 g/mol. The van der Waals surface area contributed by atoms with Crippen LogP contribution in [0.3, 0.4) is 0 Å². The van der Waals surface area contributed by atoms with E-state index in [0.717, 1.165) is 38.9 Å². The van der Waals surface area contributed by atoms with Gasteiger partial charge in [0.1, 0.15) is 6.61 Å². The molecule has 9 heteroatoms. The van der Waals surface area contributed by atoms with E-state index in [1.807, 2.05) is 0 Å². The lowest BCUT2D eigenvalue weighted by Gasteiger charge is -2.33. The van der Waals surface area contributed by atoms with Gasteiger partial charge in [-0.15, -0.1) is 0 Å². The summed E-state index contributed by atoms with van der Waals surface area (Å²) in [4.78, 5) is 26.7. The molecule has 1 unspecified atom stereocenters. The number of anilines is 1. The second-order valence-electron chi connectivity index (χ2n) is 9.01. The van der Waals surface area contributed by atoms with Crippen molar-refractivity contribution in [2.45, 2.75) is 38.1 Å². The van der Waals surface area contributed by atoms with Gasteiger partial charge in [0.2, 0.25) is 5.91 Å². The molecule has 0 radical (unpaired) electrons. The quantitative estimate of drug-likeness (QED) is 0.419. The number of hydrogen-bond donors (Lipinski definition) is 3. The summed E-state index contributed by atoms with van der Waals surface area (Å²) in [5, 5.41) is 9.76. The van der Waals surface area contributed by atoms with E-state index < -0.39 is 0 Å². The van der Waals surface area contributed by atoms with Crippen LogP contribution in [-0.4, -0.2) is 62.8 Å². The first kappa shape index (κ1) is 27.3. The zero-order valence-electron chi connectivity index (χ0n) is 20.3. The fourth-order valence-corrected chi connectivity index (χ4v) is 4.81. The number of nitrogens with zero attached hydrogens (tertiary/aromatic N) is 1. The number of ether oxygens (including phenoxy) is 1. The molecule has 1 aliphatic rings. The number of benzene rings is 2. The number of hydrogen-bond acceptors (Lipinski definition) is 4. The van der Waals surface area contributed by atoms with Gasteiger partial charge in [0.25, 0.3) is 0 Å². The highest BCUT2D eigenvalue weighted by atomic mass is 35.5. The summed E-state index contributed by atoms with van der Waals surface area (Å²) in [6.45, 7) is 5.46. The van der Waals surface area contributed by atoms with Crippen molar-refractivity contribution < 1.29 is 14.3 Å². The van der Waals surface area contributed by atoms with Gasteiger partial charge >= 0.3 is 6.03 Å². The lowest BCUT2D eigenvalue weighted by molar-refractivity contribution is -0.125. The molecule has 190 valence electrons. The first-order valence-corrected chi connectivity index (χ1v) is 12.7. The summed E-state index contributed by atoms with van der Waals surface area (Å²) in [5.41, 5.74) is 2.95. The third-order valence-corrected chi connectivity index (χ3v) is 6.64. The number of carbonyl (C=O) groups excluding carboxylic acids is 2. The number of amides is 3. The molecule has 2 aromatic rings. The summed E-state index contributed by atoms with van der Waals surface area (Å²) in [6.07, 6.45) is 2.76. The molecule has 1 atom stereocenters. The molecule has 3 amide bonds. The zero-order chi connectivity index (χ0) is 25.2. The molecule has 2 aromatic carbocycles. The molecule has 3 N–H and O–H groups in total. The van der Waals surface area contributed by atoms with E-state index in [1.165, 1.54) is 18.2 Å². The Morgan fingerprint density at radius 1 is 1.09 bits per heavy atom. The topological polar surface area (TPSA) is 82.7 Å². The minimum absolute atomic E-state index is 0.0604. The highest BCUT2D eigenvalue weighted by Crippen LogP contribution is 2.23. The summed E-state index contributed by atoms with van der Waals surface area (Å²) in [7, 11) is 1.53. The fourth-order valence-electron chi connectivity index (χ4n) is 4.28. The normalized spacial score (nSPS) is 15.4. The smallest absolute Gasteiger partial charge is 0.319 e. The largest absolute Gasteiger partial charge is 0.375 e. The maximum Gasteiger partial charge on any atom is 0.319 e. The summed E-state index contributed by atoms with van der Waals surface area (Å²) < 4.78 is 4.90. The van der Waals surface area contributed by atoms with Crippen LogP contribution in [0, 0.1) is 6.92 Å². The third kappa shape index (κ3) is 9.33. The number of urea groups is 1. The summed E-state index contributed by atoms with van der Waals surface area (Å²) in [6, 6.07) is 13.3. The maximum absolute atomic E-state index is 12.5. The zero-order valence-corrected chi connectivity index (χ0v) is 21.8. The Hall–Kier alpha value is -2.32. The Kier molecular flexibility index (Phi) is 10.7. The van der Waals surface area contributed by atoms with Crippen LogP contribution in [0.15, 0.2) is 42.5 Å². The van der Waals surface area contributed by atoms with Crippen molar-refractivity contribution in [2.24, 2.45) is 0 Å². The van der Waals surface area contributed by atoms with Gasteiger partial charge in [-0.2, -0.15) is 0 Å². The van der Waals surface area contributed by atoms with Crippen molar-refractivity contribution in [3.8, 4) is 0 Å². The fraction of sp³-hybridized carbons (Fsp3) is 0.462. The van der Waals surface area contributed by atoms with Gasteiger partial charge in [-0.25, -0.2) is 4.79 Å². The predicted octanol–water partition coefficient (Wildman–Crippen LogP) is 4.82. The molecular formula is C26H34Cl2N4O3. The van der Waals surface area contributed by atoms with Crippen LogP contribution in [0.4, 0.5) is 10.5 Å². The Labute approximate surface area is 217 Å². The van der Waals surface area contributed by atoms with E-state index in [9.17, 15) is 9.59 Å². The lowest BCUT2D eigenvalue weighted by atomic mass is 9.94. The molecule has 0 spiro atoms. The number of carbonyl (C=O) groups is 2. The van der Waals surface area contributed by atoms with Gasteiger partial charge in [-0.05, 0) is 56.5 Å². The van der Waals surface area contributed by atoms with E-state index in [1.54, 1.807) is 18.2 Å². The first-order chi connectivity index (χ1) is 16.8. The molecule has 7 nitrogen and oxygen atoms in total. The van der Waals surface area contributed by atoms with Crippen LogP contribution in [0.5, 0.6) is 0 Å². The van der Waals surface area contributed by atoms with Crippen LogP contribution in [-0.2, 0) is 9.53 Å². The van der Waals surface area contributed by atoms with Crippen LogP contribution < -0.4 is 16.0 Å². The molecular weight excluding hydrogens is 487 g/mol. The first-order valence-electron chi connectivity index (χ1n) is 11.9.